The highest BCUT2D eigenvalue weighted by Crippen LogP contribution is 2.30. The van der Waals surface area contributed by atoms with Crippen LogP contribution in [0.1, 0.15) is 93.4 Å². The van der Waals surface area contributed by atoms with Gasteiger partial charge in [0.05, 0.1) is 6.61 Å². The fraction of sp³-hybridized carbons (Fsp3) is 0.895. The average Bonchev–Trinajstić information content (AvgIpc) is 2.49. The molecule has 0 fully saturated rings. The molecule has 0 aromatic heterocycles. The van der Waals surface area contributed by atoms with Crippen LogP contribution in [0.15, 0.2) is 11.6 Å². The first kappa shape index (κ1) is 22.0. The Hall–Kier alpha value is -0.300. The summed E-state index contributed by atoms with van der Waals surface area (Å²) in [7, 11) is 0. The zero-order valence-corrected chi connectivity index (χ0v) is 15.3. The largest absolute Gasteiger partial charge is 0.381 e. The molecule has 0 aromatic carbocycles. The normalized spacial score (nSPS) is 12.1. The molecule has 0 amide bonds. The van der Waals surface area contributed by atoms with Gasteiger partial charge < -0.3 is 4.74 Å². The van der Waals surface area contributed by atoms with Crippen LogP contribution in [0.2, 0.25) is 0 Å². The zero-order chi connectivity index (χ0) is 15.9. The van der Waals surface area contributed by atoms with Gasteiger partial charge in [-0.15, -0.1) is 0 Å². The molecule has 0 heterocycles. The van der Waals surface area contributed by atoms with Gasteiger partial charge in [0.1, 0.15) is 0 Å². The Balaban J connectivity index is 0. The van der Waals surface area contributed by atoms with E-state index in [1.807, 2.05) is 0 Å². The zero-order valence-electron chi connectivity index (χ0n) is 15.3. The molecule has 0 bridgehead atoms. The van der Waals surface area contributed by atoms with Crippen LogP contribution in [0.3, 0.4) is 0 Å². The minimum absolute atomic E-state index is 0.452. The molecule has 0 rings (SSSR count). The first-order chi connectivity index (χ1) is 9.55. The van der Waals surface area contributed by atoms with Gasteiger partial charge in [-0.3, -0.25) is 0 Å². The monoisotopic (exact) mass is 284 g/mol. The summed E-state index contributed by atoms with van der Waals surface area (Å²) in [6.45, 7) is 17.4. The molecule has 0 spiro atoms. The molecule has 0 saturated heterocycles. The summed E-state index contributed by atoms with van der Waals surface area (Å²) < 4.78 is 5.71. The Morgan fingerprint density at radius 3 is 1.80 bits per heavy atom. The van der Waals surface area contributed by atoms with E-state index in [9.17, 15) is 0 Å². The van der Waals surface area contributed by atoms with Gasteiger partial charge in [-0.2, -0.15) is 0 Å². The Morgan fingerprint density at radius 1 is 0.950 bits per heavy atom. The van der Waals surface area contributed by atoms with Crippen molar-refractivity contribution in [2.75, 3.05) is 13.2 Å². The topological polar surface area (TPSA) is 9.23 Å². The number of ether oxygens (including phenoxy) is 1. The first-order valence-electron chi connectivity index (χ1n) is 8.78. The van der Waals surface area contributed by atoms with Crippen molar-refractivity contribution in [1.29, 1.82) is 0 Å². The molecular formula is C19H40O. The van der Waals surface area contributed by atoms with E-state index in [4.69, 9.17) is 4.74 Å². The average molecular weight is 285 g/mol. The Labute approximate surface area is 129 Å². The van der Waals surface area contributed by atoms with Gasteiger partial charge in [-0.25, -0.2) is 0 Å². The van der Waals surface area contributed by atoms with Gasteiger partial charge >= 0.3 is 0 Å². The maximum absolute atomic E-state index is 5.71. The summed E-state index contributed by atoms with van der Waals surface area (Å²) in [6.07, 6.45) is 10.8. The smallest absolute Gasteiger partial charge is 0.0522 e. The van der Waals surface area contributed by atoms with Crippen molar-refractivity contribution < 1.29 is 4.74 Å². The van der Waals surface area contributed by atoms with Gasteiger partial charge in [-0.1, -0.05) is 59.6 Å². The van der Waals surface area contributed by atoms with Crippen LogP contribution in [-0.4, -0.2) is 13.2 Å². The number of unbranched alkanes of at least 4 members (excludes halogenated alkanes) is 1. The summed E-state index contributed by atoms with van der Waals surface area (Å²) in [5.41, 5.74) is 1.95. The van der Waals surface area contributed by atoms with Crippen LogP contribution in [0.5, 0.6) is 0 Å². The van der Waals surface area contributed by atoms with Gasteiger partial charge in [0, 0.05) is 6.61 Å². The number of allylic oxidation sites excluding steroid dienone is 2. The van der Waals surface area contributed by atoms with Gasteiger partial charge in [-0.05, 0) is 50.9 Å². The summed E-state index contributed by atoms with van der Waals surface area (Å²) in [4.78, 5) is 0. The van der Waals surface area contributed by atoms with Crippen LogP contribution in [0.25, 0.3) is 0 Å². The van der Waals surface area contributed by atoms with E-state index in [1.54, 1.807) is 0 Å². The van der Waals surface area contributed by atoms with Crippen molar-refractivity contribution in [1.82, 2.24) is 0 Å². The van der Waals surface area contributed by atoms with Gasteiger partial charge in [0.25, 0.3) is 0 Å². The summed E-state index contributed by atoms with van der Waals surface area (Å²) in [5, 5.41) is 0. The second-order valence-corrected chi connectivity index (χ2v) is 5.78. The molecule has 0 N–H and O–H groups in total. The van der Waals surface area contributed by atoms with Crippen LogP contribution in [-0.2, 0) is 4.74 Å². The lowest BCUT2D eigenvalue weighted by atomic mass is 9.81. The van der Waals surface area contributed by atoms with Crippen LogP contribution in [0, 0.1) is 5.41 Å². The molecule has 0 unspecified atom stereocenters. The molecule has 0 aliphatic carbocycles. The summed E-state index contributed by atoms with van der Waals surface area (Å²) in [5.74, 6) is 0. The summed E-state index contributed by atoms with van der Waals surface area (Å²) >= 11 is 0. The lowest BCUT2D eigenvalue weighted by Gasteiger charge is -2.30. The quantitative estimate of drug-likeness (QED) is 0.317. The Morgan fingerprint density at radius 2 is 1.50 bits per heavy atom. The highest BCUT2D eigenvalue weighted by Gasteiger charge is 2.23. The molecule has 0 saturated carbocycles. The second-order valence-electron chi connectivity index (χ2n) is 5.78. The molecule has 0 aliphatic heterocycles. The lowest BCUT2D eigenvalue weighted by Crippen LogP contribution is -2.24. The minimum Gasteiger partial charge on any atom is -0.381 e. The molecule has 20 heavy (non-hydrogen) atoms. The molecule has 1 nitrogen and oxygen atoms in total. The van der Waals surface area contributed by atoms with Gasteiger partial charge in [0.15, 0.2) is 0 Å². The molecular weight excluding hydrogens is 244 g/mol. The van der Waals surface area contributed by atoms with E-state index in [0.29, 0.717) is 5.41 Å². The van der Waals surface area contributed by atoms with E-state index in [2.05, 4.69) is 54.5 Å². The molecule has 0 aliphatic rings. The van der Waals surface area contributed by atoms with Crippen molar-refractivity contribution in [3.05, 3.63) is 11.6 Å². The predicted molar refractivity (Wildman–Crippen MR) is 93.4 cm³/mol. The van der Waals surface area contributed by atoms with Crippen molar-refractivity contribution in [2.45, 2.75) is 93.4 Å². The first-order valence-corrected chi connectivity index (χ1v) is 8.78. The van der Waals surface area contributed by atoms with Crippen molar-refractivity contribution in [2.24, 2.45) is 5.41 Å². The fourth-order valence-corrected chi connectivity index (χ4v) is 2.08. The van der Waals surface area contributed by atoms with Crippen LogP contribution >= 0.6 is 0 Å². The highest BCUT2D eigenvalue weighted by atomic mass is 16.5. The maximum Gasteiger partial charge on any atom is 0.0522 e. The van der Waals surface area contributed by atoms with E-state index in [1.165, 1.54) is 50.5 Å². The Kier molecular flexibility index (Phi) is 16.6. The summed E-state index contributed by atoms with van der Waals surface area (Å²) in [6, 6.07) is 0. The standard InChI is InChI=1S/C12H26O.C7H14/c1-5-9-10-13-11-12(6-2,7-3)8-4;1-4-6-7(3)5-2/h5-11H2,1-4H3;6H,4-5H2,1-3H3/b;7-6-. The molecule has 122 valence electrons. The predicted octanol–water partition coefficient (Wildman–Crippen LogP) is 6.77. The lowest BCUT2D eigenvalue weighted by molar-refractivity contribution is 0.0339. The molecule has 0 radical (unpaired) electrons. The number of rotatable bonds is 10. The van der Waals surface area contributed by atoms with E-state index in [-0.39, 0.29) is 0 Å². The second kappa shape index (κ2) is 15.1. The third-order valence-electron chi connectivity index (χ3n) is 4.41. The van der Waals surface area contributed by atoms with E-state index >= 15 is 0 Å². The van der Waals surface area contributed by atoms with E-state index < -0.39 is 0 Å². The number of hydrogen-bond acceptors (Lipinski definition) is 1. The SMILES string of the molecule is CC/C=C(/C)CC.CCCCOCC(CC)(CC)CC. The van der Waals surface area contributed by atoms with Crippen LogP contribution < -0.4 is 0 Å². The highest BCUT2D eigenvalue weighted by molar-refractivity contribution is 4.95. The molecule has 1 heteroatoms. The van der Waals surface area contributed by atoms with Crippen molar-refractivity contribution in [3.63, 3.8) is 0 Å². The molecule has 0 atom stereocenters. The number of hydrogen-bond donors (Lipinski definition) is 0. The maximum atomic E-state index is 5.71. The Bertz CT molecular complexity index is 206. The van der Waals surface area contributed by atoms with Crippen molar-refractivity contribution >= 4 is 0 Å². The third-order valence-corrected chi connectivity index (χ3v) is 4.41. The van der Waals surface area contributed by atoms with Crippen LogP contribution in [0.4, 0.5) is 0 Å². The van der Waals surface area contributed by atoms with Gasteiger partial charge in [0.2, 0.25) is 0 Å². The van der Waals surface area contributed by atoms with E-state index in [0.717, 1.165) is 13.2 Å². The van der Waals surface area contributed by atoms with Crippen molar-refractivity contribution in [3.8, 4) is 0 Å². The fourth-order valence-electron chi connectivity index (χ4n) is 2.08. The molecule has 0 aromatic rings. The third kappa shape index (κ3) is 11.5. The minimum atomic E-state index is 0.452.